The van der Waals surface area contributed by atoms with Crippen molar-refractivity contribution in [3.63, 3.8) is 0 Å². The fourth-order valence-corrected chi connectivity index (χ4v) is 3.15. The van der Waals surface area contributed by atoms with E-state index in [1.807, 2.05) is 60.7 Å². The summed E-state index contributed by atoms with van der Waals surface area (Å²) in [6.45, 7) is 4.28. The van der Waals surface area contributed by atoms with Gasteiger partial charge in [-0.05, 0) is 47.2 Å². The third-order valence-electron chi connectivity index (χ3n) is 4.90. The zero-order chi connectivity index (χ0) is 19.8. The lowest BCUT2D eigenvalue weighted by atomic mass is 9.98. The Hall–Kier alpha value is -3.14. The molecule has 1 N–H and O–H groups in total. The quantitative estimate of drug-likeness (QED) is 0.611. The molecule has 2 aromatic carbocycles. The third-order valence-corrected chi connectivity index (χ3v) is 4.90. The molecule has 2 unspecified atom stereocenters. The molecule has 0 radical (unpaired) electrons. The minimum atomic E-state index is -0.245. The molecule has 144 valence electrons. The van der Waals surface area contributed by atoms with E-state index in [1.54, 1.807) is 12.4 Å². The number of carbonyl (C=O) groups is 1. The van der Waals surface area contributed by atoms with Gasteiger partial charge < -0.3 is 10.1 Å². The van der Waals surface area contributed by atoms with E-state index in [-0.39, 0.29) is 18.6 Å². The van der Waals surface area contributed by atoms with Crippen LogP contribution in [0.4, 0.5) is 0 Å². The fraction of sp³-hybridized carbons (Fsp3) is 0.250. The second-order valence-electron chi connectivity index (χ2n) is 6.83. The molecule has 0 bridgehead atoms. The van der Waals surface area contributed by atoms with Gasteiger partial charge in [-0.3, -0.25) is 9.78 Å². The molecule has 3 rings (SSSR count). The lowest BCUT2D eigenvalue weighted by Crippen LogP contribution is -2.33. The normalized spacial score (nSPS) is 12.8. The zero-order valence-corrected chi connectivity index (χ0v) is 16.3. The molecule has 0 saturated heterocycles. The molecule has 0 aliphatic carbocycles. The van der Waals surface area contributed by atoms with Gasteiger partial charge in [0, 0.05) is 12.4 Å². The number of hydrogen-bond acceptors (Lipinski definition) is 3. The fourth-order valence-electron chi connectivity index (χ4n) is 3.15. The maximum Gasteiger partial charge on any atom is 0.258 e. The Bertz CT molecular complexity index is 842. The first-order valence-corrected chi connectivity index (χ1v) is 9.65. The topological polar surface area (TPSA) is 51.2 Å². The minimum absolute atomic E-state index is 0.0259. The van der Waals surface area contributed by atoms with E-state index in [2.05, 4.69) is 30.2 Å². The van der Waals surface area contributed by atoms with Crippen molar-refractivity contribution in [2.75, 3.05) is 6.61 Å². The van der Waals surface area contributed by atoms with Crippen molar-refractivity contribution in [2.24, 2.45) is 0 Å². The van der Waals surface area contributed by atoms with Crippen LogP contribution in [0.3, 0.4) is 0 Å². The molecular formula is C24H26N2O2. The molecule has 28 heavy (non-hydrogen) atoms. The van der Waals surface area contributed by atoms with Gasteiger partial charge in [0.25, 0.3) is 5.91 Å². The highest BCUT2D eigenvalue weighted by molar-refractivity contribution is 5.78. The van der Waals surface area contributed by atoms with Crippen molar-refractivity contribution < 1.29 is 9.53 Å². The number of nitrogens with zero attached hydrogens (tertiary/aromatic N) is 1. The average Bonchev–Trinajstić information content (AvgIpc) is 2.77. The molecule has 0 fully saturated rings. The molecule has 3 aromatic rings. The third kappa shape index (κ3) is 4.97. The summed E-state index contributed by atoms with van der Waals surface area (Å²) in [6.07, 6.45) is 4.48. The van der Waals surface area contributed by atoms with Crippen molar-refractivity contribution in [1.82, 2.24) is 10.3 Å². The van der Waals surface area contributed by atoms with Crippen molar-refractivity contribution >= 4 is 5.91 Å². The van der Waals surface area contributed by atoms with Gasteiger partial charge in [-0.2, -0.15) is 0 Å². The highest BCUT2D eigenvalue weighted by Crippen LogP contribution is 2.28. The summed E-state index contributed by atoms with van der Waals surface area (Å²) in [5.41, 5.74) is 3.13. The molecule has 1 heterocycles. The second kappa shape index (κ2) is 9.70. The van der Waals surface area contributed by atoms with Gasteiger partial charge in [0.2, 0.25) is 0 Å². The maximum absolute atomic E-state index is 12.7. The lowest BCUT2D eigenvalue weighted by molar-refractivity contribution is -0.123. The van der Waals surface area contributed by atoms with Crippen molar-refractivity contribution in [3.05, 3.63) is 95.8 Å². The summed E-state index contributed by atoms with van der Waals surface area (Å²) in [7, 11) is 0. The van der Waals surface area contributed by atoms with Crippen LogP contribution in [0.1, 0.15) is 48.9 Å². The summed E-state index contributed by atoms with van der Waals surface area (Å²) < 4.78 is 5.87. The number of amides is 1. The number of nitrogens with one attached hydrogen (secondary N) is 1. The summed E-state index contributed by atoms with van der Waals surface area (Å²) in [5.74, 6) is 0.991. The minimum Gasteiger partial charge on any atom is -0.483 e. The highest BCUT2D eigenvalue weighted by atomic mass is 16.5. The van der Waals surface area contributed by atoms with Crippen LogP contribution in [0.2, 0.25) is 0 Å². The summed E-state index contributed by atoms with van der Waals surface area (Å²) in [6, 6.07) is 21.4. The van der Waals surface area contributed by atoms with E-state index in [9.17, 15) is 4.79 Å². The molecule has 4 heteroatoms. The van der Waals surface area contributed by atoms with Gasteiger partial charge in [0.05, 0.1) is 6.04 Å². The average molecular weight is 374 g/mol. The standard InChI is InChI=1S/C24H26N2O2/c1-3-18(2)21-11-7-8-12-22(21)28-17-23(27)26-24(19-9-5-4-6-10-19)20-13-15-25-16-14-20/h4-16,18,24H,3,17H2,1-2H3,(H,26,27). The SMILES string of the molecule is CCC(C)c1ccccc1OCC(=O)NC(c1ccccc1)c1ccncc1. The van der Waals surface area contributed by atoms with Crippen LogP contribution in [-0.4, -0.2) is 17.5 Å². The van der Waals surface area contributed by atoms with Crippen molar-refractivity contribution in [1.29, 1.82) is 0 Å². The molecular weight excluding hydrogens is 348 g/mol. The number of pyridine rings is 1. The first-order valence-electron chi connectivity index (χ1n) is 9.65. The van der Waals surface area contributed by atoms with E-state index >= 15 is 0 Å². The van der Waals surface area contributed by atoms with E-state index < -0.39 is 0 Å². The summed E-state index contributed by atoms with van der Waals surface area (Å²) >= 11 is 0. The molecule has 1 aromatic heterocycles. The molecule has 0 aliphatic rings. The van der Waals surface area contributed by atoms with Gasteiger partial charge >= 0.3 is 0 Å². The summed E-state index contributed by atoms with van der Waals surface area (Å²) in [4.78, 5) is 16.7. The zero-order valence-electron chi connectivity index (χ0n) is 16.3. The number of ether oxygens (including phenoxy) is 1. The number of rotatable bonds is 8. The number of benzene rings is 2. The van der Waals surface area contributed by atoms with Gasteiger partial charge in [-0.1, -0.05) is 62.4 Å². The highest BCUT2D eigenvalue weighted by Gasteiger charge is 2.18. The Labute approximate surface area is 166 Å². The van der Waals surface area contributed by atoms with Crippen LogP contribution in [0.25, 0.3) is 0 Å². The monoisotopic (exact) mass is 374 g/mol. The number of carbonyl (C=O) groups excluding carboxylic acids is 1. The van der Waals surface area contributed by atoms with Crippen LogP contribution >= 0.6 is 0 Å². The predicted molar refractivity (Wildman–Crippen MR) is 111 cm³/mol. The van der Waals surface area contributed by atoms with Gasteiger partial charge in [0.1, 0.15) is 5.75 Å². The van der Waals surface area contributed by atoms with Crippen molar-refractivity contribution in [2.45, 2.75) is 32.2 Å². The van der Waals surface area contributed by atoms with Crippen LogP contribution in [0.5, 0.6) is 5.75 Å². The lowest BCUT2D eigenvalue weighted by Gasteiger charge is -2.20. The Morgan fingerprint density at radius 3 is 2.32 bits per heavy atom. The van der Waals surface area contributed by atoms with E-state index in [0.29, 0.717) is 5.92 Å². The Kier molecular flexibility index (Phi) is 6.79. The van der Waals surface area contributed by atoms with Gasteiger partial charge in [-0.25, -0.2) is 0 Å². The van der Waals surface area contributed by atoms with Crippen LogP contribution < -0.4 is 10.1 Å². The predicted octanol–water partition coefficient (Wildman–Crippen LogP) is 4.88. The molecule has 0 aliphatic heterocycles. The second-order valence-corrected chi connectivity index (χ2v) is 6.83. The molecule has 1 amide bonds. The molecule has 4 nitrogen and oxygen atoms in total. The number of aromatic nitrogens is 1. The number of para-hydroxylation sites is 1. The first kappa shape index (κ1) is 19.6. The molecule has 0 saturated carbocycles. The van der Waals surface area contributed by atoms with Gasteiger partial charge in [0.15, 0.2) is 6.61 Å². The Balaban J connectivity index is 1.72. The van der Waals surface area contributed by atoms with Crippen molar-refractivity contribution in [3.8, 4) is 5.75 Å². The maximum atomic E-state index is 12.7. The first-order chi connectivity index (χ1) is 13.7. The Morgan fingerprint density at radius 1 is 0.964 bits per heavy atom. The van der Waals surface area contributed by atoms with Crippen LogP contribution in [0.15, 0.2) is 79.1 Å². The van der Waals surface area contributed by atoms with Crippen LogP contribution in [-0.2, 0) is 4.79 Å². The van der Waals surface area contributed by atoms with Crippen LogP contribution in [0, 0.1) is 0 Å². The summed E-state index contributed by atoms with van der Waals surface area (Å²) in [5, 5.41) is 3.09. The van der Waals surface area contributed by atoms with Gasteiger partial charge in [-0.15, -0.1) is 0 Å². The van der Waals surface area contributed by atoms with E-state index in [4.69, 9.17) is 4.74 Å². The Morgan fingerprint density at radius 2 is 1.61 bits per heavy atom. The molecule has 0 spiro atoms. The smallest absolute Gasteiger partial charge is 0.258 e. The van der Waals surface area contributed by atoms with E-state index in [0.717, 1.165) is 28.9 Å². The number of hydrogen-bond donors (Lipinski definition) is 1. The van der Waals surface area contributed by atoms with E-state index in [1.165, 1.54) is 0 Å². The molecule has 2 atom stereocenters. The largest absolute Gasteiger partial charge is 0.483 e.